The van der Waals surface area contributed by atoms with Crippen molar-refractivity contribution in [3.63, 3.8) is 0 Å². The van der Waals surface area contributed by atoms with Gasteiger partial charge in [-0.05, 0) is 12.2 Å². The second kappa shape index (κ2) is 10.6. The van der Waals surface area contributed by atoms with Crippen LogP contribution in [-0.2, 0) is 9.47 Å². The maximum Gasteiger partial charge on any atom is 0.169 e. The Balaban J connectivity index is 3.94. The first-order chi connectivity index (χ1) is 7.76. The van der Waals surface area contributed by atoms with Crippen LogP contribution in [0.3, 0.4) is 0 Å². The topological polar surface area (TPSA) is 57.5 Å². The van der Waals surface area contributed by atoms with E-state index in [4.69, 9.17) is 27.0 Å². The van der Waals surface area contributed by atoms with Gasteiger partial charge in [0.2, 0.25) is 0 Å². The van der Waals surface area contributed by atoms with Gasteiger partial charge < -0.3 is 19.7 Å². The summed E-state index contributed by atoms with van der Waals surface area (Å²) >= 11 is 5.21. The highest BCUT2D eigenvalue weighted by atomic mass is 32.1. The first-order valence-electron chi connectivity index (χ1n) is 5.13. The molecule has 16 heavy (non-hydrogen) atoms. The number of rotatable bonds is 8. The molecule has 0 aromatic heterocycles. The van der Waals surface area contributed by atoms with E-state index in [1.807, 2.05) is 4.90 Å². The molecule has 0 aliphatic rings. The number of ether oxygens (including phenoxy) is 2. The van der Waals surface area contributed by atoms with Crippen molar-refractivity contribution in [2.75, 3.05) is 47.1 Å². The summed E-state index contributed by atoms with van der Waals surface area (Å²) in [6, 6.07) is 2.10. The highest BCUT2D eigenvalue weighted by Crippen LogP contribution is 1.93. The number of nitrogens with one attached hydrogen (secondary N) is 1. The summed E-state index contributed by atoms with van der Waals surface area (Å²) in [5.41, 5.74) is 0. The van der Waals surface area contributed by atoms with Crippen molar-refractivity contribution in [1.29, 1.82) is 5.26 Å². The lowest BCUT2D eigenvalue weighted by atomic mass is 10.4. The third kappa shape index (κ3) is 7.40. The van der Waals surface area contributed by atoms with Crippen molar-refractivity contribution >= 4 is 17.3 Å². The molecule has 0 aliphatic heterocycles. The van der Waals surface area contributed by atoms with Gasteiger partial charge in [0.05, 0.1) is 25.7 Å². The Morgan fingerprint density at radius 3 is 2.56 bits per heavy atom. The quantitative estimate of drug-likeness (QED) is 0.492. The average Bonchev–Trinajstić information content (AvgIpc) is 2.29. The lowest BCUT2D eigenvalue weighted by molar-refractivity contribution is 0.175. The van der Waals surface area contributed by atoms with Gasteiger partial charge >= 0.3 is 0 Å². The standard InChI is InChI=1S/C10H19N3O2S/c1-14-8-5-12-10(16)13(6-3-4-11)7-9-15-2/h3,5-9H2,1-2H3,(H,12,16). The van der Waals surface area contributed by atoms with Crippen molar-refractivity contribution in [3.05, 3.63) is 0 Å². The molecule has 0 aromatic carbocycles. The SMILES string of the molecule is COCCNC(=S)N(CCC#N)CCOC. The van der Waals surface area contributed by atoms with E-state index in [1.165, 1.54) is 0 Å². The zero-order chi connectivity index (χ0) is 12.2. The van der Waals surface area contributed by atoms with Crippen molar-refractivity contribution in [1.82, 2.24) is 10.2 Å². The molecular weight excluding hydrogens is 226 g/mol. The van der Waals surface area contributed by atoms with Crippen LogP contribution < -0.4 is 5.32 Å². The second-order valence-electron chi connectivity index (χ2n) is 3.11. The van der Waals surface area contributed by atoms with Crippen LogP contribution in [-0.4, -0.2) is 57.1 Å². The van der Waals surface area contributed by atoms with E-state index in [2.05, 4.69) is 11.4 Å². The Labute approximate surface area is 102 Å². The molecule has 0 radical (unpaired) electrons. The molecule has 0 spiro atoms. The van der Waals surface area contributed by atoms with Gasteiger partial charge in [-0.2, -0.15) is 5.26 Å². The molecule has 0 atom stereocenters. The van der Waals surface area contributed by atoms with Gasteiger partial charge in [-0.25, -0.2) is 0 Å². The fourth-order valence-electron chi connectivity index (χ4n) is 1.07. The third-order valence-corrected chi connectivity index (χ3v) is 2.33. The maximum absolute atomic E-state index is 8.54. The van der Waals surface area contributed by atoms with Gasteiger partial charge in [0.25, 0.3) is 0 Å². The Morgan fingerprint density at radius 1 is 1.31 bits per heavy atom. The molecule has 0 aliphatic carbocycles. The van der Waals surface area contributed by atoms with Crippen LogP contribution in [0.5, 0.6) is 0 Å². The van der Waals surface area contributed by atoms with Gasteiger partial charge in [-0.1, -0.05) is 0 Å². The number of thiocarbonyl (C=S) groups is 1. The molecule has 6 heteroatoms. The summed E-state index contributed by atoms with van der Waals surface area (Å²) in [6.07, 6.45) is 0.454. The summed E-state index contributed by atoms with van der Waals surface area (Å²) in [7, 11) is 3.28. The minimum absolute atomic E-state index is 0.454. The predicted molar refractivity (Wildman–Crippen MR) is 66.2 cm³/mol. The first-order valence-corrected chi connectivity index (χ1v) is 5.54. The van der Waals surface area contributed by atoms with Crippen molar-refractivity contribution < 1.29 is 9.47 Å². The van der Waals surface area contributed by atoms with Gasteiger partial charge in [0, 0.05) is 33.9 Å². The van der Waals surface area contributed by atoms with Crippen molar-refractivity contribution in [3.8, 4) is 6.07 Å². The van der Waals surface area contributed by atoms with Crippen LogP contribution in [0.25, 0.3) is 0 Å². The summed E-state index contributed by atoms with van der Waals surface area (Å²) in [6.45, 7) is 3.19. The second-order valence-corrected chi connectivity index (χ2v) is 3.50. The maximum atomic E-state index is 8.54. The monoisotopic (exact) mass is 245 g/mol. The van der Waals surface area contributed by atoms with E-state index in [-0.39, 0.29) is 0 Å². The summed E-state index contributed by atoms with van der Waals surface area (Å²) < 4.78 is 9.91. The molecule has 0 saturated carbocycles. The summed E-state index contributed by atoms with van der Waals surface area (Å²) in [5, 5.41) is 12.3. The van der Waals surface area contributed by atoms with Gasteiger partial charge in [0.1, 0.15) is 0 Å². The van der Waals surface area contributed by atoms with Crippen molar-refractivity contribution in [2.45, 2.75) is 6.42 Å². The van der Waals surface area contributed by atoms with Gasteiger partial charge in [0.15, 0.2) is 5.11 Å². The molecule has 0 unspecified atom stereocenters. The first kappa shape index (κ1) is 15.1. The van der Waals surface area contributed by atoms with Crippen LogP contribution in [0, 0.1) is 11.3 Å². The zero-order valence-corrected chi connectivity index (χ0v) is 10.7. The largest absolute Gasteiger partial charge is 0.383 e. The van der Waals surface area contributed by atoms with E-state index in [0.29, 0.717) is 44.4 Å². The van der Waals surface area contributed by atoms with Crippen LogP contribution in [0.2, 0.25) is 0 Å². The highest BCUT2D eigenvalue weighted by molar-refractivity contribution is 7.80. The third-order valence-electron chi connectivity index (χ3n) is 1.93. The van der Waals surface area contributed by atoms with E-state index in [1.54, 1.807) is 14.2 Å². The lowest BCUT2D eigenvalue weighted by Gasteiger charge is -2.24. The molecular formula is C10H19N3O2S. The average molecular weight is 245 g/mol. The number of hydrogen-bond acceptors (Lipinski definition) is 4. The molecule has 1 N–H and O–H groups in total. The highest BCUT2D eigenvalue weighted by Gasteiger charge is 2.07. The summed E-state index contributed by atoms with van der Waals surface area (Å²) in [5.74, 6) is 0. The fourth-order valence-corrected chi connectivity index (χ4v) is 1.36. The minimum Gasteiger partial charge on any atom is -0.383 e. The Bertz CT molecular complexity index is 231. The van der Waals surface area contributed by atoms with Crippen LogP contribution in [0.4, 0.5) is 0 Å². The van der Waals surface area contributed by atoms with E-state index in [0.717, 1.165) is 0 Å². The van der Waals surface area contributed by atoms with Gasteiger partial charge in [-0.3, -0.25) is 0 Å². The van der Waals surface area contributed by atoms with Crippen LogP contribution in [0.1, 0.15) is 6.42 Å². The molecule has 5 nitrogen and oxygen atoms in total. The molecule has 0 fully saturated rings. The molecule has 92 valence electrons. The summed E-state index contributed by atoms with van der Waals surface area (Å²) in [4.78, 5) is 1.93. The van der Waals surface area contributed by atoms with E-state index < -0.39 is 0 Å². The van der Waals surface area contributed by atoms with E-state index in [9.17, 15) is 0 Å². The van der Waals surface area contributed by atoms with Crippen LogP contribution >= 0.6 is 12.2 Å². The molecule has 0 aromatic rings. The molecule has 0 rings (SSSR count). The Morgan fingerprint density at radius 2 is 2.00 bits per heavy atom. The number of hydrogen-bond donors (Lipinski definition) is 1. The number of nitriles is 1. The number of methoxy groups -OCH3 is 2. The fraction of sp³-hybridized carbons (Fsp3) is 0.800. The molecule has 0 bridgehead atoms. The normalized spacial score (nSPS) is 9.56. The van der Waals surface area contributed by atoms with E-state index >= 15 is 0 Å². The Hall–Kier alpha value is -0.900. The Kier molecular flexibility index (Phi) is 10.0. The minimum atomic E-state index is 0.454. The molecule has 0 amide bonds. The smallest absolute Gasteiger partial charge is 0.169 e. The number of nitrogens with zero attached hydrogens (tertiary/aromatic N) is 2. The van der Waals surface area contributed by atoms with Crippen molar-refractivity contribution in [2.24, 2.45) is 0 Å². The zero-order valence-electron chi connectivity index (χ0n) is 9.86. The van der Waals surface area contributed by atoms with Gasteiger partial charge in [-0.15, -0.1) is 0 Å². The lowest BCUT2D eigenvalue weighted by Crippen LogP contribution is -2.43. The molecule has 0 heterocycles. The van der Waals surface area contributed by atoms with Crippen LogP contribution in [0.15, 0.2) is 0 Å². The predicted octanol–water partition coefficient (Wildman–Crippen LogP) is 0.369. The molecule has 0 saturated heterocycles.